The first kappa shape index (κ1) is 16.0. The highest BCUT2D eigenvalue weighted by atomic mass is 19.1. The van der Waals surface area contributed by atoms with E-state index < -0.39 is 0 Å². The second-order valence-electron chi connectivity index (χ2n) is 8.36. The van der Waals surface area contributed by atoms with Crippen LogP contribution in [-0.2, 0) is 0 Å². The smallest absolute Gasteiger partial charge is 0.0997 e. The van der Waals surface area contributed by atoms with E-state index in [2.05, 4.69) is 26.5 Å². The van der Waals surface area contributed by atoms with E-state index in [1.165, 1.54) is 43.3 Å². The van der Waals surface area contributed by atoms with Crippen molar-refractivity contribution in [2.75, 3.05) is 0 Å². The quantitative estimate of drug-likeness (QED) is 0.511. The summed E-state index contributed by atoms with van der Waals surface area (Å²) < 4.78 is 13.5. The highest BCUT2D eigenvalue weighted by Crippen LogP contribution is 2.62. The molecule has 3 fully saturated rings. The molecule has 0 saturated heterocycles. The highest BCUT2D eigenvalue weighted by molar-refractivity contribution is 5.40. The van der Waals surface area contributed by atoms with Crippen LogP contribution in [0.5, 0.6) is 0 Å². The molecule has 0 aromatic rings. The Kier molecular flexibility index (Phi) is 4.12. The highest BCUT2D eigenvalue weighted by Gasteiger charge is 2.53. The van der Waals surface area contributed by atoms with Crippen LogP contribution in [0.3, 0.4) is 0 Å². The number of hydrogen-bond acceptors (Lipinski definition) is 0. The van der Waals surface area contributed by atoms with Crippen molar-refractivity contribution in [3.8, 4) is 0 Å². The fourth-order valence-electron chi connectivity index (χ4n) is 5.63. The predicted molar refractivity (Wildman–Crippen MR) is 92.1 cm³/mol. The summed E-state index contributed by atoms with van der Waals surface area (Å²) in [5.74, 6) is 3.10. The Hall–Kier alpha value is -0.850. The van der Waals surface area contributed by atoms with Crippen molar-refractivity contribution in [2.45, 2.75) is 66.2 Å². The summed E-state index contributed by atoms with van der Waals surface area (Å²) in [6.07, 6.45) is 9.91. The molecule has 0 radical (unpaired) electrons. The van der Waals surface area contributed by atoms with Crippen molar-refractivity contribution in [2.24, 2.45) is 29.1 Å². The average molecular weight is 302 g/mol. The van der Waals surface area contributed by atoms with Crippen LogP contribution in [0.2, 0.25) is 0 Å². The fourth-order valence-corrected chi connectivity index (χ4v) is 5.63. The molecular weight excluding hydrogens is 271 g/mol. The lowest BCUT2D eigenvalue weighted by Gasteiger charge is -2.51. The minimum absolute atomic E-state index is 0.0578. The molecule has 22 heavy (non-hydrogen) atoms. The monoisotopic (exact) mass is 302 g/mol. The minimum Gasteiger partial charge on any atom is -0.212 e. The van der Waals surface area contributed by atoms with E-state index in [9.17, 15) is 4.39 Å². The van der Waals surface area contributed by atoms with Crippen molar-refractivity contribution >= 4 is 0 Å². The first-order valence-electron chi connectivity index (χ1n) is 9.07. The summed E-state index contributed by atoms with van der Waals surface area (Å²) in [5.41, 5.74) is 3.96. The molecule has 5 atom stereocenters. The summed E-state index contributed by atoms with van der Waals surface area (Å²) in [7, 11) is 0. The average Bonchev–Trinajstić information content (AvgIpc) is 2.77. The van der Waals surface area contributed by atoms with E-state index in [-0.39, 0.29) is 5.83 Å². The van der Waals surface area contributed by atoms with Gasteiger partial charge in [0.05, 0.1) is 5.83 Å². The summed E-state index contributed by atoms with van der Waals surface area (Å²) >= 11 is 0. The number of hydrogen-bond donors (Lipinski definition) is 0. The van der Waals surface area contributed by atoms with Gasteiger partial charge in [0.2, 0.25) is 0 Å². The van der Waals surface area contributed by atoms with E-state index in [1.54, 1.807) is 6.92 Å². The maximum absolute atomic E-state index is 13.5. The zero-order chi connectivity index (χ0) is 16.1. The van der Waals surface area contributed by atoms with Gasteiger partial charge in [0.1, 0.15) is 0 Å². The van der Waals surface area contributed by atoms with Gasteiger partial charge in [-0.3, -0.25) is 0 Å². The summed E-state index contributed by atoms with van der Waals surface area (Å²) in [4.78, 5) is 0. The van der Waals surface area contributed by atoms with Crippen LogP contribution in [-0.4, -0.2) is 0 Å². The molecule has 0 aromatic heterocycles. The molecule has 3 saturated carbocycles. The number of fused-ring (bicyclic) bond motifs is 3. The lowest BCUT2D eigenvalue weighted by Crippen LogP contribution is -2.43. The van der Waals surface area contributed by atoms with Crippen molar-refractivity contribution < 1.29 is 4.39 Å². The molecular formula is C21H31F. The Bertz CT molecular complexity index is 534. The molecule has 3 aliphatic carbocycles. The Balaban J connectivity index is 1.93. The maximum Gasteiger partial charge on any atom is 0.0997 e. The van der Waals surface area contributed by atoms with E-state index in [0.717, 1.165) is 29.7 Å². The van der Waals surface area contributed by atoms with Gasteiger partial charge in [0, 0.05) is 0 Å². The topological polar surface area (TPSA) is 0 Å². The van der Waals surface area contributed by atoms with Gasteiger partial charge in [-0.05, 0) is 92.6 Å². The zero-order valence-electron chi connectivity index (χ0n) is 14.7. The van der Waals surface area contributed by atoms with Gasteiger partial charge < -0.3 is 0 Å². The largest absolute Gasteiger partial charge is 0.212 e. The van der Waals surface area contributed by atoms with Crippen LogP contribution in [0, 0.1) is 29.1 Å². The molecule has 5 unspecified atom stereocenters. The molecule has 0 N–H and O–H groups in total. The van der Waals surface area contributed by atoms with Crippen molar-refractivity contribution in [3.05, 3.63) is 35.2 Å². The molecule has 0 nitrogen and oxygen atoms in total. The normalized spacial score (nSPS) is 44.6. The molecule has 0 aliphatic heterocycles. The first-order chi connectivity index (χ1) is 10.3. The molecule has 0 aromatic carbocycles. The van der Waals surface area contributed by atoms with Crippen LogP contribution in [0.25, 0.3) is 0 Å². The number of rotatable bonds is 1. The second kappa shape index (κ2) is 5.65. The van der Waals surface area contributed by atoms with Gasteiger partial charge in [0.15, 0.2) is 0 Å². The molecule has 3 aliphatic rings. The summed E-state index contributed by atoms with van der Waals surface area (Å²) in [5, 5.41) is 0. The summed E-state index contributed by atoms with van der Waals surface area (Å²) in [6, 6.07) is 0. The second-order valence-corrected chi connectivity index (χ2v) is 8.36. The van der Waals surface area contributed by atoms with Crippen LogP contribution in [0.4, 0.5) is 4.39 Å². The van der Waals surface area contributed by atoms with Crippen molar-refractivity contribution in [1.29, 1.82) is 0 Å². The third kappa shape index (κ3) is 2.41. The SMILES string of the molecule is C=C1CCC2C(CCC3(C)C(C)CCC23)/C1=C/C(C)=C(\C)F. The van der Waals surface area contributed by atoms with E-state index >= 15 is 0 Å². The number of halogens is 1. The zero-order valence-corrected chi connectivity index (χ0v) is 14.7. The van der Waals surface area contributed by atoms with E-state index in [1.807, 2.05) is 6.92 Å². The van der Waals surface area contributed by atoms with Gasteiger partial charge in [-0.15, -0.1) is 0 Å². The van der Waals surface area contributed by atoms with Gasteiger partial charge in [-0.1, -0.05) is 32.1 Å². The Morgan fingerprint density at radius 3 is 2.64 bits per heavy atom. The molecule has 0 heterocycles. The Morgan fingerprint density at radius 1 is 1.23 bits per heavy atom. The third-order valence-corrected chi connectivity index (χ3v) is 7.41. The molecule has 122 valence electrons. The third-order valence-electron chi connectivity index (χ3n) is 7.41. The standard InChI is InChI=1S/C21H31F/c1-13-6-8-18-17(19(13)12-14(2)16(4)22)10-11-21(5)15(3)7-9-20(18)21/h12,15,17-18,20H,1,6-11H2,2-5H3/b16-14+,19-12+. The fraction of sp³-hybridized carbons (Fsp3) is 0.714. The Labute approximate surface area is 135 Å². The molecule has 0 amide bonds. The molecule has 0 spiro atoms. The van der Waals surface area contributed by atoms with Crippen LogP contribution >= 0.6 is 0 Å². The molecule has 3 rings (SSSR count). The maximum atomic E-state index is 13.5. The number of allylic oxidation sites excluding steroid dienone is 5. The van der Waals surface area contributed by atoms with E-state index in [4.69, 9.17) is 0 Å². The Morgan fingerprint density at radius 2 is 1.95 bits per heavy atom. The lowest BCUT2D eigenvalue weighted by molar-refractivity contribution is 0.0201. The van der Waals surface area contributed by atoms with Crippen LogP contribution < -0.4 is 0 Å². The first-order valence-corrected chi connectivity index (χ1v) is 9.07. The van der Waals surface area contributed by atoms with Crippen molar-refractivity contribution in [3.63, 3.8) is 0 Å². The van der Waals surface area contributed by atoms with Gasteiger partial charge >= 0.3 is 0 Å². The summed E-state index contributed by atoms with van der Waals surface area (Å²) in [6.45, 7) is 12.8. The molecule has 0 bridgehead atoms. The van der Waals surface area contributed by atoms with E-state index in [0.29, 0.717) is 11.3 Å². The lowest BCUT2D eigenvalue weighted by atomic mass is 9.53. The minimum atomic E-state index is -0.0578. The van der Waals surface area contributed by atoms with Gasteiger partial charge in [0.25, 0.3) is 0 Å². The predicted octanol–water partition coefficient (Wildman–Crippen LogP) is 6.60. The van der Waals surface area contributed by atoms with Crippen LogP contribution in [0.1, 0.15) is 66.2 Å². The van der Waals surface area contributed by atoms with Gasteiger partial charge in [-0.2, -0.15) is 0 Å². The molecule has 1 heteroatoms. The van der Waals surface area contributed by atoms with Crippen LogP contribution in [0.15, 0.2) is 35.2 Å². The van der Waals surface area contributed by atoms with Crippen molar-refractivity contribution in [1.82, 2.24) is 0 Å². The van der Waals surface area contributed by atoms with Gasteiger partial charge in [-0.25, -0.2) is 4.39 Å².